The van der Waals surface area contributed by atoms with Gasteiger partial charge in [-0.2, -0.15) is 0 Å². The molecule has 0 heterocycles. The third-order valence-corrected chi connectivity index (χ3v) is 3.80. The predicted octanol–water partition coefficient (Wildman–Crippen LogP) is 4.15. The lowest BCUT2D eigenvalue weighted by molar-refractivity contribution is 0.0779. The largest absolute Gasteiger partial charge is 0.385 e. The second-order valence-electron chi connectivity index (χ2n) is 4.40. The SMILES string of the molecule is OC1(C/C=C/Sc2ccccc2)C=CCCC1. The zero-order valence-electron chi connectivity index (χ0n) is 9.88. The number of thioether (sulfide) groups is 1. The van der Waals surface area contributed by atoms with Gasteiger partial charge in [0.15, 0.2) is 0 Å². The van der Waals surface area contributed by atoms with Gasteiger partial charge < -0.3 is 5.11 Å². The van der Waals surface area contributed by atoms with E-state index in [4.69, 9.17) is 0 Å². The molecule has 90 valence electrons. The van der Waals surface area contributed by atoms with Crippen LogP contribution in [0.5, 0.6) is 0 Å². The highest BCUT2D eigenvalue weighted by Gasteiger charge is 2.23. The fourth-order valence-corrected chi connectivity index (χ4v) is 2.62. The van der Waals surface area contributed by atoms with E-state index in [0.29, 0.717) is 6.42 Å². The van der Waals surface area contributed by atoms with Gasteiger partial charge in [0.25, 0.3) is 0 Å². The van der Waals surface area contributed by atoms with Gasteiger partial charge in [-0.3, -0.25) is 0 Å². The average Bonchev–Trinajstić information content (AvgIpc) is 2.37. The van der Waals surface area contributed by atoms with E-state index in [1.165, 1.54) is 4.90 Å². The molecule has 0 saturated heterocycles. The topological polar surface area (TPSA) is 20.2 Å². The summed E-state index contributed by atoms with van der Waals surface area (Å²) < 4.78 is 0. The zero-order chi connectivity index (χ0) is 12.0. The van der Waals surface area contributed by atoms with Crippen LogP contribution in [0.25, 0.3) is 0 Å². The molecule has 1 atom stereocenters. The van der Waals surface area contributed by atoms with Gasteiger partial charge in [0.05, 0.1) is 5.60 Å². The van der Waals surface area contributed by atoms with E-state index < -0.39 is 5.60 Å². The Bertz CT molecular complexity index is 397. The van der Waals surface area contributed by atoms with Crippen LogP contribution in [0, 0.1) is 0 Å². The minimum Gasteiger partial charge on any atom is -0.385 e. The number of benzene rings is 1. The first-order valence-corrected chi connectivity index (χ1v) is 6.93. The van der Waals surface area contributed by atoms with Crippen molar-refractivity contribution < 1.29 is 5.11 Å². The first-order chi connectivity index (χ1) is 8.29. The van der Waals surface area contributed by atoms with Crippen molar-refractivity contribution in [3.8, 4) is 0 Å². The molecule has 0 saturated carbocycles. The van der Waals surface area contributed by atoms with Crippen LogP contribution in [0.15, 0.2) is 58.9 Å². The van der Waals surface area contributed by atoms with Gasteiger partial charge in [0, 0.05) is 4.90 Å². The number of hydrogen-bond acceptors (Lipinski definition) is 2. The molecular weight excluding hydrogens is 228 g/mol. The van der Waals surface area contributed by atoms with E-state index in [0.717, 1.165) is 19.3 Å². The molecule has 0 bridgehead atoms. The Balaban J connectivity index is 1.82. The van der Waals surface area contributed by atoms with E-state index >= 15 is 0 Å². The maximum Gasteiger partial charge on any atom is 0.0862 e. The molecule has 0 aliphatic heterocycles. The average molecular weight is 246 g/mol. The molecule has 1 aromatic rings. The van der Waals surface area contributed by atoms with Crippen LogP contribution < -0.4 is 0 Å². The highest BCUT2D eigenvalue weighted by molar-refractivity contribution is 8.02. The highest BCUT2D eigenvalue weighted by Crippen LogP contribution is 2.26. The van der Waals surface area contributed by atoms with Gasteiger partial charge in [-0.1, -0.05) is 48.2 Å². The molecule has 2 heteroatoms. The van der Waals surface area contributed by atoms with Crippen LogP contribution in [0.3, 0.4) is 0 Å². The minimum atomic E-state index is -0.605. The Hall–Kier alpha value is -0.990. The first-order valence-electron chi connectivity index (χ1n) is 6.05. The highest BCUT2D eigenvalue weighted by atomic mass is 32.2. The molecule has 0 fully saturated rings. The molecule has 1 aliphatic rings. The first kappa shape index (κ1) is 12.5. The Labute approximate surface area is 107 Å². The summed E-state index contributed by atoms with van der Waals surface area (Å²) in [6.45, 7) is 0. The van der Waals surface area contributed by atoms with Crippen molar-refractivity contribution in [3.63, 3.8) is 0 Å². The van der Waals surface area contributed by atoms with Crippen LogP contribution in [0.2, 0.25) is 0 Å². The van der Waals surface area contributed by atoms with Crippen LogP contribution in [-0.4, -0.2) is 10.7 Å². The van der Waals surface area contributed by atoms with Crippen molar-refractivity contribution >= 4 is 11.8 Å². The van der Waals surface area contributed by atoms with Crippen molar-refractivity contribution in [2.75, 3.05) is 0 Å². The molecule has 0 amide bonds. The standard InChI is InChI=1S/C15H18OS/c16-15(10-5-2-6-11-15)12-7-13-17-14-8-3-1-4-9-14/h1,3-5,7-10,13,16H,2,6,11-12H2/b13-7+. The van der Waals surface area contributed by atoms with E-state index in [2.05, 4.69) is 29.7 Å². The zero-order valence-corrected chi connectivity index (χ0v) is 10.7. The third-order valence-electron chi connectivity index (χ3n) is 2.92. The second-order valence-corrected chi connectivity index (χ2v) is 5.38. The molecule has 17 heavy (non-hydrogen) atoms. The van der Waals surface area contributed by atoms with E-state index in [1.807, 2.05) is 24.3 Å². The smallest absolute Gasteiger partial charge is 0.0862 e. The molecular formula is C15H18OS. The molecule has 1 unspecified atom stereocenters. The van der Waals surface area contributed by atoms with Gasteiger partial charge in [-0.25, -0.2) is 0 Å². The maximum atomic E-state index is 10.2. The Morgan fingerprint density at radius 2 is 2.12 bits per heavy atom. The monoisotopic (exact) mass is 246 g/mol. The lowest BCUT2D eigenvalue weighted by Gasteiger charge is -2.25. The number of hydrogen-bond donors (Lipinski definition) is 1. The maximum absolute atomic E-state index is 10.2. The summed E-state index contributed by atoms with van der Waals surface area (Å²) in [7, 11) is 0. The Kier molecular flexibility index (Phi) is 4.46. The minimum absolute atomic E-state index is 0.605. The van der Waals surface area contributed by atoms with Gasteiger partial charge in [0.2, 0.25) is 0 Å². The fraction of sp³-hybridized carbons (Fsp3) is 0.333. The summed E-state index contributed by atoms with van der Waals surface area (Å²) in [6.07, 6.45) is 9.88. The molecule has 2 rings (SSSR count). The van der Waals surface area contributed by atoms with Crippen molar-refractivity contribution in [1.82, 2.24) is 0 Å². The Morgan fingerprint density at radius 3 is 2.82 bits per heavy atom. The summed E-state index contributed by atoms with van der Waals surface area (Å²) in [5, 5.41) is 12.3. The van der Waals surface area contributed by atoms with Crippen LogP contribution in [0.1, 0.15) is 25.7 Å². The molecule has 1 nitrogen and oxygen atoms in total. The molecule has 0 aromatic heterocycles. The normalized spacial score (nSPS) is 24.3. The van der Waals surface area contributed by atoms with Gasteiger partial charge in [-0.05, 0) is 43.2 Å². The van der Waals surface area contributed by atoms with Gasteiger partial charge >= 0.3 is 0 Å². The van der Waals surface area contributed by atoms with E-state index in [1.54, 1.807) is 11.8 Å². The van der Waals surface area contributed by atoms with Crippen LogP contribution in [-0.2, 0) is 0 Å². The van der Waals surface area contributed by atoms with Gasteiger partial charge in [0.1, 0.15) is 0 Å². The summed E-state index contributed by atoms with van der Waals surface area (Å²) >= 11 is 1.69. The molecule has 0 radical (unpaired) electrons. The molecule has 0 spiro atoms. The molecule has 1 aromatic carbocycles. The number of allylic oxidation sites excluding steroid dienone is 1. The summed E-state index contributed by atoms with van der Waals surface area (Å²) in [5.41, 5.74) is -0.605. The van der Waals surface area contributed by atoms with Gasteiger partial charge in [-0.15, -0.1) is 0 Å². The van der Waals surface area contributed by atoms with Crippen LogP contribution >= 0.6 is 11.8 Å². The quantitative estimate of drug-likeness (QED) is 0.636. The van der Waals surface area contributed by atoms with Crippen molar-refractivity contribution in [2.24, 2.45) is 0 Å². The van der Waals surface area contributed by atoms with Crippen molar-refractivity contribution in [3.05, 3.63) is 54.0 Å². The van der Waals surface area contributed by atoms with Crippen molar-refractivity contribution in [1.29, 1.82) is 0 Å². The predicted molar refractivity (Wildman–Crippen MR) is 74.0 cm³/mol. The molecule has 1 N–H and O–H groups in total. The second kappa shape index (κ2) is 6.08. The van der Waals surface area contributed by atoms with E-state index in [-0.39, 0.29) is 0 Å². The summed E-state index contributed by atoms with van der Waals surface area (Å²) in [6, 6.07) is 10.3. The number of rotatable bonds is 4. The third kappa shape index (κ3) is 4.06. The summed E-state index contributed by atoms with van der Waals surface area (Å²) in [5.74, 6) is 0. The van der Waals surface area contributed by atoms with Crippen molar-refractivity contribution in [2.45, 2.75) is 36.2 Å². The lowest BCUT2D eigenvalue weighted by atomic mass is 9.88. The fourth-order valence-electron chi connectivity index (χ4n) is 1.96. The Morgan fingerprint density at radius 1 is 1.29 bits per heavy atom. The van der Waals surface area contributed by atoms with Crippen LogP contribution in [0.4, 0.5) is 0 Å². The van der Waals surface area contributed by atoms with E-state index in [9.17, 15) is 5.11 Å². The summed E-state index contributed by atoms with van der Waals surface area (Å²) in [4.78, 5) is 1.23. The number of aliphatic hydroxyl groups is 1. The lowest BCUT2D eigenvalue weighted by Crippen LogP contribution is -2.26. The molecule has 1 aliphatic carbocycles.